The van der Waals surface area contributed by atoms with Crippen molar-refractivity contribution >= 4 is 23.4 Å². The standard InChI is InChI=1S/C23H29N5O2/c1-26(2)21(29)23-12-8-14-27(22(30)25-19-9-4-3-5-10-19)15-18(23)16-28(17-23)20-11-6-7-13-24-20/h3-7,9-11,13,18H,8,12,14-17H2,1-2H3,(H,25,30)/t18-,23-/m0/s1. The lowest BCUT2D eigenvalue weighted by Gasteiger charge is -2.34. The van der Waals surface area contributed by atoms with Crippen molar-refractivity contribution in [1.29, 1.82) is 0 Å². The number of likely N-dealkylation sites (tertiary alicyclic amines) is 1. The Labute approximate surface area is 177 Å². The number of benzene rings is 1. The molecule has 2 aromatic rings. The van der Waals surface area contributed by atoms with Gasteiger partial charge in [-0.15, -0.1) is 0 Å². The van der Waals surface area contributed by atoms with Gasteiger partial charge in [0, 0.05) is 58.1 Å². The average Bonchev–Trinajstić information content (AvgIpc) is 3.03. The molecule has 2 aliphatic heterocycles. The number of nitrogens with zero attached hydrogens (tertiary/aromatic N) is 4. The summed E-state index contributed by atoms with van der Waals surface area (Å²) < 4.78 is 0. The third kappa shape index (κ3) is 3.84. The summed E-state index contributed by atoms with van der Waals surface area (Å²) in [5.74, 6) is 1.09. The zero-order chi connectivity index (χ0) is 21.1. The van der Waals surface area contributed by atoms with Crippen LogP contribution in [-0.2, 0) is 4.79 Å². The Morgan fingerprint density at radius 2 is 1.87 bits per heavy atom. The first-order chi connectivity index (χ1) is 14.5. The first-order valence-corrected chi connectivity index (χ1v) is 10.5. The molecule has 0 spiro atoms. The Balaban J connectivity index is 1.58. The fraction of sp³-hybridized carbons (Fsp3) is 0.435. The van der Waals surface area contributed by atoms with E-state index in [1.54, 1.807) is 11.1 Å². The highest BCUT2D eigenvalue weighted by Crippen LogP contribution is 2.45. The minimum absolute atomic E-state index is 0.0541. The Kier molecular flexibility index (Phi) is 5.61. The lowest BCUT2D eigenvalue weighted by molar-refractivity contribution is -0.141. The number of fused-ring (bicyclic) bond motifs is 1. The minimum atomic E-state index is -0.497. The highest BCUT2D eigenvalue weighted by Gasteiger charge is 2.54. The number of hydrogen-bond donors (Lipinski definition) is 1. The molecule has 1 aromatic carbocycles. The van der Waals surface area contributed by atoms with E-state index >= 15 is 0 Å². The zero-order valence-corrected chi connectivity index (χ0v) is 17.6. The number of amides is 3. The van der Waals surface area contributed by atoms with E-state index in [-0.39, 0.29) is 17.9 Å². The molecule has 0 aliphatic carbocycles. The van der Waals surface area contributed by atoms with Gasteiger partial charge in [-0.1, -0.05) is 24.3 Å². The van der Waals surface area contributed by atoms with Crippen LogP contribution in [0.3, 0.4) is 0 Å². The molecule has 0 unspecified atom stereocenters. The number of aromatic nitrogens is 1. The monoisotopic (exact) mass is 407 g/mol. The Morgan fingerprint density at radius 1 is 1.10 bits per heavy atom. The van der Waals surface area contributed by atoms with E-state index in [9.17, 15) is 9.59 Å². The van der Waals surface area contributed by atoms with Crippen molar-refractivity contribution in [3.63, 3.8) is 0 Å². The van der Waals surface area contributed by atoms with Crippen LogP contribution in [0.4, 0.5) is 16.3 Å². The topological polar surface area (TPSA) is 68.8 Å². The molecule has 2 saturated heterocycles. The van der Waals surface area contributed by atoms with Gasteiger partial charge in [-0.2, -0.15) is 0 Å². The SMILES string of the molecule is CN(C)C(=O)[C@]12CCCN(C(=O)Nc3ccccc3)C[C@H]1CN(c1ccccn1)C2. The molecule has 0 radical (unpaired) electrons. The van der Waals surface area contributed by atoms with E-state index in [1.807, 2.05) is 67.5 Å². The van der Waals surface area contributed by atoms with Crippen LogP contribution in [0.2, 0.25) is 0 Å². The second-order valence-electron chi connectivity index (χ2n) is 8.47. The number of urea groups is 1. The summed E-state index contributed by atoms with van der Waals surface area (Å²) in [5, 5.41) is 2.99. The molecule has 30 heavy (non-hydrogen) atoms. The van der Waals surface area contributed by atoms with Gasteiger partial charge >= 0.3 is 6.03 Å². The third-order valence-electron chi connectivity index (χ3n) is 6.30. The van der Waals surface area contributed by atoms with E-state index < -0.39 is 5.41 Å². The fourth-order valence-electron chi connectivity index (χ4n) is 4.85. The van der Waals surface area contributed by atoms with Gasteiger partial charge < -0.3 is 20.0 Å². The maximum Gasteiger partial charge on any atom is 0.321 e. The molecule has 4 rings (SSSR count). The molecular weight excluding hydrogens is 378 g/mol. The molecule has 7 nitrogen and oxygen atoms in total. The summed E-state index contributed by atoms with van der Waals surface area (Å²) in [6.45, 7) is 2.56. The predicted molar refractivity (Wildman–Crippen MR) is 117 cm³/mol. The number of rotatable bonds is 3. The highest BCUT2D eigenvalue weighted by molar-refractivity contribution is 5.90. The van der Waals surface area contributed by atoms with Crippen LogP contribution in [0.1, 0.15) is 12.8 Å². The molecule has 2 fully saturated rings. The number of pyridine rings is 1. The van der Waals surface area contributed by atoms with Crippen molar-refractivity contribution in [3.8, 4) is 0 Å². The van der Waals surface area contributed by atoms with Crippen LogP contribution >= 0.6 is 0 Å². The smallest absolute Gasteiger partial charge is 0.321 e. The number of nitrogens with one attached hydrogen (secondary N) is 1. The normalized spacial score (nSPS) is 23.5. The van der Waals surface area contributed by atoms with Crippen LogP contribution in [0, 0.1) is 11.3 Å². The van der Waals surface area contributed by atoms with E-state index in [1.165, 1.54) is 0 Å². The zero-order valence-electron chi connectivity index (χ0n) is 17.6. The van der Waals surface area contributed by atoms with Gasteiger partial charge in [0.25, 0.3) is 0 Å². The molecule has 1 aromatic heterocycles. The maximum atomic E-state index is 13.4. The van der Waals surface area contributed by atoms with E-state index in [0.29, 0.717) is 26.2 Å². The Bertz CT molecular complexity index is 889. The highest BCUT2D eigenvalue weighted by atomic mass is 16.2. The lowest BCUT2D eigenvalue weighted by Crippen LogP contribution is -2.48. The van der Waals surface area contributed by atoms with Crippen molar-refractivity contribution in [1.82, 2.24) is 14.8 Å². The summed E-state index contributed by atoms with van der Waals surface area (Å²) in [7, 11) is 3.64. The maximum absolute atomic E-state index is 13.4. The third-order valence-corrected chi connectivity index (χ3v) is 6.30. The van der Waals surface area contributed by atoms with E-state index in [2.05, 4.69) is 15.2 Å². The molecule has 3 amide bonds. The molecule has 2 atom stereocenters. The van der Waals surface area contributed by atoms with Crippen molar-refractivity contribution in [2.45, 2.75) is 12.8 Å². The number of hydrogen-bond acceptors (Lipinski definition) is 4. The van der Waals surface area contributed by atoms with Crippen LogP contribution in [0.15, 0.2) is 54.7 Å². The van der Waals surface area contributed by atoms with Crippen molar-refractivity contribution in [3.05, 3.63) is 54.7 Å². The molecule has 2 aliphatic rings. The molecule has 3 heterocycles. The van der Waals surface area contributed by atoms with Gasteiger partial charge in [0.2, 0.25) is 5.91 Å². The van der Waals surface area contributed by atoms with Gasteiger partial charge in [0.15, 0.2) is 0 Å². The molecule has 0 saturated carbocycles. The summed E-state index contributed by atoms with van der Waals surface area (Å²) in [6, 6.07) is 15.2. The van der Waals surface area contributed by atoms with Gasteiger partial charge in [0.1, 0.15) is 5.82 Å². The first kappa shape index (κ1) is 20.2. The predicted octanol–water partition coefficient (Wildman–Crippen LogP) is 2.92. The van der Waals surface area contributed by atoms with Gasteiger partial charge in [-0.3, -0.25) is 4.79 Å². The summed E-state index contributed by atoms with van der Waals surface area (Å²) in [6.07, 6.45) is 3.35. The summed E-state index contributed by atoms with van der Waals surface area (Å²) in [5.41, 5.74) is 0.284. The molecular formula is C23H29N5O2. The minimum Gasteiger partial charge on any atom is -0.355 e. The van der Waals surface area contributed by atoms with Crippen molar-refractivity contribution in [2.24, 2.45) is 11.3 Å². The lowest BCUT2D eigenvalue weighted by atomic mass is 9.74. The largest absolute Gasteiger partial charge is 0.355 e. The quantitative estimate of drug-likeness (QED) is 0.850. The van der Waals surface area contributed by atoms with Crippen LogP contribution in [0.25, 0.3) is 0 Å². The fourth-order valence-corrected chi connectivity index (χ4v) is 4.85. The van der Waals surface area contributed by atoms with E-state index in [4.69, 9.17) is 0 Å². The second-order valence-corrected chi connectivity index (χ2v) is 8.47. The van der Waals surface area contributed by atoms with Gasteiger partial charge in [-0.05, 0) is 37.1 Å². The number of carbonyl (C=O) groups excluding carboxylic acids is 2. The Morgan fingerprint density at radius 3 is 2.57 bits per heavy atom. The Hall–Kier alpha value is -3.09. The van der Waals surface area contributed by atoms with Crippen molar-refractivity contribution < 1.29 is 9.59 Å². The van der Waals surface area contributed by atoms with Gasteiger partial charge in [0.05, 0.1) is 5.41 Å². The number of para-hydroxylation sites is 1. The van der Waals surface area contributed by atoms with Crippen LogP contribution in [-0.4, -0.2) is 67.0 Å². The molecule has 7 heteroatoms. The number of anilines is 2. The summed E-state index contributed by atoms with van der Waals surface area (Å²) >= 11 is 0. The molecule has 1 N–H and O–H groups in total. The van der Waals surface area contributed by atoms with Gasteiger partial charge in [-0.25, -0.2) is 9.78 Å². The second kappa shape index (κ2) is 8.34. The molecule has 0 bridgehead atoms. The van der Waals surface area contributed by atoms with Crippen LogP contribution < -0.4 is 10.2 Å². The number of carbonyl (C=O) groups is 2. The van der Waals surface area contributed by atoms with E-state index in [0.717, 1.165) is 24.3 Å². The van der Waals surface area contributed by atoms with Crippen molar-refractivity contribution in [2.75, 3.05) is 50.5 Å². The molecule has 158 valence electrons. The average molecular weight is 408 g/mol. The first-order valence-electron chi connectivity index (χ1n) is 10.5. The van der Waals surface area contributed by atoms with Crippen LogP contribution in [0.5, 0.6) is 0 Å². The summed E-state index contributed by atoms with van der Waals surface area (Å²) in [4.78, 5) is 36.6.